The Morgan fingerprint density at radius 1 is 1.22 bits per heavy atom. The van der Waals surface area contributed by atoms with Crippen LogP contribution in [0.25, 0.3) is 0 Å². The average Bonchev–Trinajstić information content (AvgIpc) is 2.80. The number of hydrogen-bond donors (Lipinski definition) is 1. The fourth-order valence-electron chi connectivity index (χ4n) is 1.86. The number of halogens is 2. The lowest BCUT2D eigenvalue weighted by Crippen LogP contribution is -2.13. The molecule has 0 amide bonds. The second-order valence-electron chi connectivity index (χ2n) is 4.36. The Bertz CT molecular complexity index is 552. The first-order valence-corrected chi connectivity index (χ1v) is 5.67. The molecule has 96 valence electrons. The molecule has 0 fully saturated rings. The van der Waals surface area contributed by atoms with Crippen molar-refractivity contribution in [1.82, 2.24) is 9.78 Å². The Kier molecular flexibility index (Phi) is 3.43. The van der Waals surface area contributed by atoms with Gasteiger partial charge in [-0.05, 0) is 38.1 Å². The molecule has 18 heavy (non-hydrogen) atoms. The summed E-state index contributed by atoms with van der Waals surface area (Å²) in [6.07, 6.45) is 0.293. The van der Waals surface area contributed by atoms with Gasteiger partial charge in [0.25, 0.3) is 0 Å². The molecule has 0 saturated heterocycles. The Morgan fingerprint density at radius 3 is 2.61 bits per heavy atom. The summed E-state index contributed by atoms with van der Waals surface area (Å²) in [5.41, 5.74) is 0.354. The van der Waals surface area contributed by atoms with Crippen LogP contribution in [0.1, 0.15) is 37.3 Å². The molecule has 1 heterocycles. The Hall–Kier alpha value is -1.75. The zero-order valence-corrected chi connectivity index (χ0v) is 10.1. The largest absolute Gasteiger partial charge is 0.382 e. The molecule has 1 atom stereocenters. The normalized spacial score (nSPS) is 13.0. The minimum absolute atomic E-state index is 0.0290. The van der Waals surface area contributed by atoms with Crippen molar-refractivity contribution in [3.8, 4) is 0 Å². The Labute approximate surface area is 104 Å². The van der Waals surface area contributed by atoms with E-state index < -0.39 is 17.7 Å². The third kappa shape index (κ3) is 2.26. The summed E-state index contributed by atoms with van der Waals surface area (Å²) in [4.78, 5) is 0. The van der Waals surface area contributed by atoms with Crippen molar-refractivity contribution in [1.29, 1.82) is 0 Å². The van der Waals surface area contributed by atoms with E-state index in [0.29, 0.717) is 5.69 Å². The molecule has 2 aromatic rings. The predicted octanol–water partition coefficient (Wildman–Crippen LogP) is 2.82. The molecule has 0 aliphatic carbocycles. The first-order valence-electron chi connectivity index (χ1n) is 5.67. The van der Waals surface area contributed by atoms with E-state index in [1.807, 2.05) is 13.8 Å². The van der Waals surface area contributed by atoms with E-state index in [1.54, 1.807) is 10.7 Å². The molecule has 0 radical (unpaired) electrons. The van der Waals surface area contributed by atoms with Crippen molar-refractivity contribution in [2.75, 3.05) is 0 Å². The van der Waals surface area contributed by atoms with Crippen molar-refractivity contribution in [2.45, 2.75) is 26.0 Å². The molecule has 0 bridgehead atoms. The fraction of sp³-hybridized carbons (Fsp3) is 0.308. The van der Waals surface area contributed by atoms with Crippen molar-refractivity contribution in [3.05, 3.63) is 53.4 Å². The van der Waals surface area contributed by atoms with Gasteiger partial charge in [0.1, 0.15) is 17.7 Å². The number of aliphatic hydroxyl groups excluding tert-OH is 1. The summed E-state index contributed by atoms with van der Waals surface area (Å²) < 4.78 is 28.3. The summed E-state index contributed by atoms with van der Waals surface area (Å²) in [6, 6.07) is 4.64. The molecular formula is C13H14F2N2O. The van der Waals surface area contributed by atoms with Crippen LogP contribution in [0.5, 0.6) is 0 Å². The van der Waals surface area contributed by atoms with Gasteiger partial charge in [-0.2, -0.15) is 5.10 Å². The van der Waals surface area contributed by atoms with Gasteiger partial charge in [0, 0.05) is 17.8 Å². The van der Waals surface area contributed by atoms with Gasteiger partial charge >= 0.3 is 0 Å². The third-order valence-corrected chi connectivity index (χ3v) is 2.72. The van der Waals surface area contributed by atoms with E-state index in [0.717, 1.165) is 18.2 Å². The van der Waals surface area contributed by atoms with Crippen LogP contribution in [0, 0.1) is 11.6 Å². The van der Waals surface area contributed by atoms with Gasteiger partial charge in [-0.3, -0.25) is 4.68 Å². The van der Waals surface area contributed by atoms with Gasteiger partial charge in [0.15, 0.2) is 0 Å². The summed E-state index contributed by atoms with van der Waals surface area (Å²) in [5.74, 6) is -1.22. The molecule has 0 aliphatic rings. The number of benzene rings is 1. The van der Waals surface area contributed by atoms with Crippen LogP contribution in [0.15, 0.2) is 30.5 Å². The van der Waals surface area contributed by atoms with Crippen molar-refractivity contribution >= 4 is 0 Å². The van der Waals surface area contributed by atoms with Crippen LogP contribution in [0.4, 0.5) is 8.78 Å². The van der Waals surface area contributed by atoms with Crippen LogP contribution in [-0.4, -0.2) is 14.9 Å². The van der Waals surface area contributed by atoms with Gasteiger partial charge in [-0.1, -0.05) is 0 Å². The monoisotopic (exact) mass is 252 g/mol. The van der Waals surface area contributed by atoms with Gasteiger partial charge in [-0.15, -0.1) is 0 Å². The zero-order chi connectivity index (χ0) is 13.3. The fourth-order valence-corrected chi connectivity index (χ4v) is 1.86. The highest BCUT2D eigenvalue weighted by molar-refractivity contribution is 5.27. The lowest BCUT2D eigenvalue weighted by atomic mass is 10.1. The van der Waals surface area contributed by atoms with E-state index in [-0.39, 0.29) is 11.6 Å². The molecular weight excluding hydrogens is 238 g/mol. The smallest absolute Gasteiger partial charge is 0.129 e. The van der Waals surface area contributed by atoms with Crippen molar-refractivity contribution in [2.24, 2.45) is 0 Å². The molecule has 1 aromatic heterocycles. The van der Waals surface area contributed by atoms with Crippen LogP contribution in [0.2, 0.25) is 0 Å². The van der Waals surface area contributed by atoms with Gasteiger partial charge < -0.3 is 5.11 Å². The van der Waals surface area contributed by atoms with E-state index >= 15 is 0 Å². The predicted molar refractivity (Wildman–Crippen MR) is 63.0 cm³/mol. The summed E-state index contributed by atoms with van der Waals surface area (Å²) >= 11 is 0. The molecule has 0 spiro atoms. The number of rotatable bonds is 3. The number of aromatic nitrogens is 2. The first-order chi connectivity index (χ1) is 8.50. The lowest BCUT2D eigenvalue weighted by molar-refractivity contribution is 0.199. The molecule has 0 saturated carbocycles. The zero-order valence-electron chi connectivity index (χ0n) is 10.1. The summed E-state index contributed by atoms with van der Waals surface area (Å²) in [5, 5.41) is 14.2. The standard InChI is InChI=1S/C13H14F2N2O/c1-8(2)17-12(5-6-16-17)13(18)10-7-9(14)3-4-11(10)15/h3-8,13,18H,1-2H3. The second kappa shape index (κ2) is 4.86. The minimum atomic E-state index is -1.23. The van der Waals surface area contributed by atoms with Gasteiger partial charge in [0.05, 0.1) is 5.69 Å². The Morgan fingerprint density at radius 2 is 1.94 bits per heavy atom. The van der Waals surface area contributed by atoms with E-state index in [2.05, 4.69) is 5.10 Å². The highest BCUT2D eigenvalue weighted by Gasteiger charge is 2.20. The molecule has 3 nitrogen and oxygen atoms in total. The average molecular weight is 252 g/mol. The van der Waals surface area contributed by atoms with Crippen LogP contribution >= 0.6 is 0 Å². The molecule has 0 aliphatic heterocycles. The quantitative estimate of drug-likeness (QED) is 0.912. The van der Waals surface area contributed by atoms with E-state index in [1.165, 1.54) is 6.20 Å². The number of nitrogens with zero attached hydrogens (tertiary/aromatic N) is 2. The maximum atomic E-state index is 13.6. The van der Waals surface area contributed by atoms with Crippen LogP contribution in [-0.2, 0) is 0 Å². The third-order valence-electron chi connectivity index (χ3n) is 2.72. The van der Waals surface area contributed by atoms with Crippen LogP contribution < -0.4 is 0 Å². The molecule has 5 heteroatoms. The van der Waals surface area contributed by atoms with E-state index in [4.69, 9.17) is 0 Å². The van der Waals surface area contributed by atoms with Crippen LogP contribution in [0.3, 0.4) is 0 Å². The lowest BCUT2D eigenvalue weighted by Gasteiger charge is -2.16. The molecule has 1 unspecified atom stereocenters. The second-order valence-corrected chi connectivity index (χ2v) is 4.36. The SMILES string of the molecule is CC(C)n1nccc1C(O)c1cc(F)ccc1F. The number of aliphatic hydroxyl groups is 1. The van der Waals surface area contributed by atoms with E-state index in [9.17, 15) is 13.9 Å². The number of hydrogen-bond acceptors (Lipinski definition) is 2. The Balaban J connectivity index is 2.44. The highest BCUT2D eigenvalue weighted by atomic mass is 19.1. The molecule has 1 N–H and O–H groups in total. The summed E-state index contributed by atoms with van der Waals surface area (Å²) in [6.45, 7) is 3.79. The van der Waals surface area contributed by atoms with Gasteiger partial charge in [-0.25, -0.2) is 8.78 Å². The minimum Gasteiger partial charge on any atom is -0.382 e. The molecule has 2 rings (SSSR count). The summed E-state index contributed by atoms with van der Waals surface area (Å²) in [7, 11) is 0. The van der Waals surface area contributed by atoms with Crippen molar-refractivity contribution in [3.63, 3.8) is 0 Å². The molecule has 1 aromatic carbocycles. The maximum Gasteiger partial charge on any atom is 0.129 e. The topological polar surface area (TPSA) is 38.0 Å². The maximum absolute atomic E-state index is 13.6. The first kappa shape index (κ1) is 12.7. The van der Waals surface area contributed by atoms with Gasteiger partial charge in [0.2, 0.25) is 0 Å². The van der Waals surface area contributed by atoms with Crippen molar-refractivity contribution < 1.29 is 13.9 Å². The highest BCUT2D eigenvalue weighted by Crippen LogP contribution is 2.26.